The van der Waals surface area contributed by atoms with Crippen molar-refractivity contribution in [2.24, 2.45) is 0 Å². The van der Waals surface area contributed by atoms with Gasteiger partial charge in [-0.1, -0.05) is 48.0 Å². The molecular formula is C16H14Cl2O2. The SMILES string of the molecule is COC(=O)C(Cl)Cc1ccc(-c2ccc(Cl)cc2)cc1. The van der Waals surface area contributed by atoms with Gasteiger partial charge >= 0.3 is 5.97 Å². The molecule has 104 valence electrons. The Morgan fingerprint density at radius 1 is 1.05 bits per heavy atom. The van der Waals surface area contributed by atoms with Gasteiger partial charge in [0.1, 0.15) is 5.38 Å². The number of carbonyl (C=O) groups is 1. The number of ether oxygens (including phenoxy) is 1. The summed E-state index contributed by atoms with van der Waals surface area (Å²) in [4.78, 5) is 11.3. The maximum absolute atomic E-state index is 11.3. The summed E-state index contributed by atoms with van der Waals surface area (Å²) in [5, 5.41) is 0.0646. The van der Waals surface area contributed by atoms with Crippen LogP contribution in [-0.2, 0) is 16.0 Å². The van der Waals surface area contributed by atoms with Crippen LogP contribution in [0.15, 0.2) is 48.5 Å². The van der Waals surface area contributed by atoms with E-state index in [2.05, 4.69) is 4.74 Å². The summed E-state index contributed by atoms with van der Waals surface area (Å²) in [5.41, 5.74) is 3.18. The summed E-state index contributed by atoms with van der Waals surface area (Å²) >= 11 is 11.8. The van der Waals surface area contributed by atoms with Gasteiger partial charge in [-0.25, -0.2) is 0 Å². The van der Waals surface area contributed by atoms with E-state index in [1.54, 1.807) is 0 Å². The number of hydrogen-bond donors (Lipinski definition) is 0. The molecule has 0 amide bonds. The van der Waals surface area contributed by atoms with Crippen molar-refractivity contribution in [2.45, 2.75) is 11.8 Å². The van der Waals surface area contributed by atoms with Gasteiger partial charge in [0.2, 0.25) is 0 Å². The van der Waals surface area contributed by atoms with E-state index in [0.29, 0.717) is 11.4 Å². The smallest absolute Gasteiger partial charge is 0.324 e. The number of alkyl halides is 1. The molecule has 4 heteroatoms. The zero-order chi connectivity index (χ0) is 14.5. The van der Waals surface area contributed by atoms with Crippen molar-refractivity contribution >= 4 is 29.2 Å². The second kappa shape index (κ2) is 6.78. The number of methoxy groups -OCH3 is 1. The number of rotatable bonds is 4. The van der Waals surface area contributed by atoms with Crippen LogP contribution in [-0.4, -0.2) is 18.5 Å². The van der Waals surface area contributed by atoms with Gasteiger partial charge < -0.3 is 4.74 Å². The van der Waals surface area contributed by atoms with E-state index >= 15 is 0 Å². The minimum absolute atomic E-state index is 0.409. The molecule has 0 spiro atoms. The predicted molar refractivity (Wildman–Crippen MR) is 82.2 cm³/mol. The lowest BCUT2D eigenvalue weighted by Crippen LogP contribution is -2.18. The third-order valence-electron chi connectivity index (χ3n) is 3.00. The molecule has 2 nitrogen and oxygen atoms in total. The average Bonchev–Trinajstić information content (AvgIpc) is 2.48. The van der Waals surface area contributed by atoms with E-state index in [0.717, 1.165) is 16.7 Å². The molecule has 0 heterocycles. The molecule has 0 aliphatic rings. The largest absolute Gasteiger partial charge is 0.468 e. The van der Waals surface area contributed by atoms with E-state index in [9.17, 15) is 4.79 Å². The Bertz CT molecular complexity index is 576. The minimum atomic E-state index is -0.651. The molecule has 0 bridgehead atoms. The number of carbonyl (C=O) groups excluding carboxylic acids is 1. The molecule has 0 fully saturated rings. The van der Waals surface area contributed by atoms with Crippen LogP contribution in [0.3, 0.4) is 0 Å². The topological polar surface area (TPSA) is 26.3 Å². The van der Waals surface area contributed by atoms with Crippen molar-refractivity contribution in [1.29, 1.82) is 0 Å². The van der Waals surface area contributed by atoms with Crippen molar-refractivity contribution in [2.75, 3.05) is 7.11 Å². The van der Waals surface area contributed by atoms with Gasteiger partial charge in [0.15, 0.2) is 0 Å². The highest BCUT2D eigenvalue weighted by atomic mass is 35.5. The average molecular weight is 309 g/mol. The Hall–Kier alpha value is -1.51. The Kier molecular flexibility index (Phi) is 5.05. The highest BCUT2D eigenvalue weighted by molar-refractivity contribution is 6.30. The first kappa shape index (κ1) is 14.9. The molecule has 2 rings (SSSR count). The van der Waals surface area contributed by atoms with E-state index in [1.807, 2.05) is 48.5 Å². The summed E-state index contributed by atoms with van der Waals surface area (Å²) in [6.07, 6.45) is 0.453. The van der Waals surface area contributed by atoms with Crippen LogP contribution >= 0.6 is 23.2 Å². The van der Waals surface area contributed by atoms with Gasteiger partial charge in [0.25, 0.3) is 0 Å². The first-order valence-electron chi connectivity index (χ1n) is 6.17. The molecule has 0 aliphatic carbocycles. The molecular weight excluding hydrogens is 295 g/mol. The molecule has 0 radical (unpaired) electrons. The Labute approximate surface area is 128 Å². The summed E-state index contributed by atoms with van der Waals surface area (Å²) < 4.78 is 4.61. The zero-order valence-corrected chi connectivity index (χ0v) is 12.5. The number of benzene rings is 2. The Morgan fingerprint density at radius 3 is 2.05 bits per heavy atom. The fourth-order valence-corrected chi connectivity index (χ4v) is 2.29. The number of esters is 1. The third kappa shape index (κ3) is 3.75. The van der Waals surface area contributed by atoms with Crippen molar-refractivity contribution < 1.29 is 9.53 Å². The fraction of sp³-hybridized carbons (Fsp3) is 0.188. The maximum Gasteiger partial charge on any atom is 0.324 e. The van der Waals surface area contributed by atoms with E-state index < -0.39 is 11.3 Å². The summed E-state index contributed by atoms with van der Waals surface area (Å²) in [6.45, 7) is 0. The van der Waals surface area contributed by atoms with Gasteiger partial charge in [0.05, 0.1) is 7.11 Å². The molecule has 0 aromatic heterocycles. The monoisotopic (exact) mass is 308 g/mol. The highest BCUT2D eigenvalue weighted by Gasteiger charge is 2.15. The summed E-state index contributed by atoms with van der Waals surface area (Å²) in [7, 11) is 1.33. The molecule has 0 saturated carbocycles. The summed E-state index contributed by atoms with van der Waals surface area (Å²) in [6, 6.07) is 15.6. The lowest BCUT2D eigenvalue weighted by atomic mass is 10.0. The Balaban J connectivity index is 2.10. The predicted octanol–water partition coefficient (Wildman–Crippen LogP) is 4.33. The first-order valence-corrected chi connectivity index (χ1v) is 6.98. The van der Waals surface area contributed by atoms with E-state index in [4.69, 9.17) is 23.2 Å². The lowest BCUT2D eigenvalue weighted by molar-refractivity contribution is -0.140. The Morgan fingerprint density at radius 2 is 1.55 bits per heavy atom. The van der Waals surface area contributed by atoms with Gasteiger partial charge in [-0.2, -0.15) is 0 Å². The van der Waals surface area contributed by atoms with E-state index in [-0.39, 0.29) is 0 Å². The number of hydrogen-bond acceptors (Lipinski definition) is 2. The summed E-state index contributed by atoms with van der Waals surface area (Å²) in [5.74, 6) is -0.409. The van der Waals surface area contributed by atoms with Crippen LogP contribution in [0.4, 0.5) is 0 Å². The number of halogens is 2. The molecule has 0 N–H and O–H groups in total. The highest BCUT2D eigenvalue weighted by Crippen LogP contribution is 2.22. The minimum Gasteiger partial charge on any atom is -0.468 e. The van der Waals surface area contributed by atoms with Crippen LogP contribution < -0.4 is 0 Å². The second-order valence-electron chi connectivity index (χ2n) is 4.40. The van der Waals surface area contributed by atoms with Gasteiger partial charge in [-0.3, -0.25) is 4.79 Å². The molecule has 2 aromatic rings. The first-order chi connectivity index (χ1) is 9.60. The maximum atomic E-state index is 11.3. The molecule has 20 heavy (non-hydrogen) atoms. The van der Waals surface area contributed by atoms with Gasteiger partial charge in [-0.05, 0) is 35.2 Å². The van der Waals surface area contributed by atoms with E-state index in [1.165, 1.54) is 7.11 Å². The van der Waals surface area contributed by atoms with Crippen LogP contribution in [0, 0.1) is 0 Å². The van der Waals surface area contributed by atoms with Gasteiger partial charge in [0, 0.05) is 5.02 Å². The quantitative estimate of drug-likeness (QED) is 0.621. The van der Waals surface area contributed by atoms with Crippen LogP contribution in [0.2, 0.25) is 5.02 Å². The molecule has 1 atom stereocenters. The fourth-order valence-electron chi connectivity index (χ4n) is 1.89. The second-order valence-corrected chi connectivity index (χ2v) is 5.36. The van der Waals surface area contributed by atoms with Crippen LogP contribution in [0.25, 0.3) is 11.1 Å². The van der Waals surface area contributed by atoms with Crippen molar-refractivity contribution in [3.05, 3.63) is 59.1 Å². The molecule has 0 saturated heterocycles. The molecule has 0 aliphatic heterocycles. The van der Waals surface area contributed by atoms with Crippen molar-refractivity contribution in [3.8, 4) is 11.1 Å². The van der Waals surface area contributed by atoms with Crippen molar-refractivity contribution in [1.82, 2.24) is 0 Å². The van der Waals surface area contributed by atoms with Crippen LogP contribution in [0.1, 0.15) is 5.56 Å². The molecule has 2 aromatic carbocycles. The molecule has 1 unspecified atom stereocenters. The zero-order valence-electron chi connectivity index (χ0n) is 11.0. The van der Waals surface area contributed by atoms with Crippen molar-refractivity contribution in [3.63, 3.8) is 0 Å². The van der Waals surface area contributed by atoms with Crippen LogP contribution in [0.5, 0.6) is 0 Å². The standard InChI is InChI=1S/C16H14Cl2O2/c1-20-16(19)15(18)10-11-2-4-12(5-3-11)13-6-8-14(17)9-7-13/h2-9,15H,10H2,1H3. The van der Waals surface area contributed by atoms with Gasteiger partial charge in [-0.15, -0.1) is 11.6 Å². The lowest BCUT2D eigenvalue weighted by Gasteiger charge is -2.08. The third-order valence-corrected chi connectivity index (χ3v) is 3.59. The normalized spacial score (nSPS) is 11.9.